The van der Waals surface area contributed by atoms with E-state index in [0.717, 1.165) is 0 Å². The van der Waals surface area contributed by atoms with E-state index in [0.29, 0.717) is 12.3 Å². The minimum Gasteiger partial charge on any atom is -0.329 e. The van der Waals surface area contributed by atoms with E-state index < -0.39 is 10.0 Å². The van der Waals surface area contributed by atoms with E-state index in [1.807, 2.05) is 19.9 Å². The van der Waals surface area contributed by atoms with Crippen LogP contribution in [0.15, 0.2) is 23.1 Å². The Hall–Kier alpha value is -0.840. The molecule has 1 unspecified atom stereocenters. The highest BCUT2D eigenvalue weighted by Gasteiger charge is 2.20. The third kappa shape index (κ3) is 5.81. The molecule has 1 rings (SSSR count). The van der Waals surface area contributed by atoms with Crippen molar-refractivity contribution in [2.24, 2.45) is 11.7 Å². The van der Waals surface area contributed by atoms with E-state index in [1.54, 1.807) is 0 Å². The average Bonchev–Trinajstić information content (AvgIpc) is 2.36. The molecule has 0 saturated heterocycles. The van der Waals surface area contributed by atoms with Crippen molar-refractivity contribution in [1.29, 1.82) is 5.26 Å². The van der Waals surface area contributed by atoms with Gasteiger partial charge in [0, 0.05) is 12.6 Å². The molecule has 118 valence electrons. The van der Waals surface area contributed by atoms with Gasteiger partial charge in [-0.15, -0.1) is 12.4 Å². The van der Waals surface area contributed by atoms with Crippen LogP contribution in [0, 0.1) is 17.2 Å². The van der Waals surface area contributed by atoms with Crippen LogP contribution in [0.4, 0.5) is 0 Å². The van der Waals surface area contributed by atoms with Gasteiger partial charge >= 0.3 is 0 Å². The van der Waals surface area contributed by atoms with Crippen molar-refractivity contribution in [3.05, 3.63) is 28.8 Å². The summed E-state index contributed by atoms with van der Waals surface area (Å²) in [5, 5.41) is 8.89. The predicted octanol–water partition coefficient (Wildman–Crippen LogP) is 2.29. The van der Waals surface area contributed by atoms with Gasteiger partial charge in [-0.3, -0.25) is 0 Å². The summed E-state index contributed by atoms with van der Waals surface area (Å²) in [6.07, 6.45) is 0.653. The quantitative estimate of drug-likeness (QED) is 0.821. The molecule has 5 nitrogen and oxygen atoms in total. The molecule has 1 aromatic carbocycles. The van der Waals surface area contributed by atoms with Crippen LogP contribution in [0.1, 0.15) is 25.8 Å². The van der Waals surface area contributed by atoms with Gasteiger partial charge in [0.25, 0.3) is 0 Å². The van der Waals surface area contributed by atoms with E-state index >= 15 is 0 Å². The second-order valence-electron chi connectivity index (χ2n) is 4.94. The van der Waals surface area contributed by atoms with Crippen molar-refractivity contribution in [1.82, 2.24) is 4.72 Å². The molecule has 0 radical (unpaired) electrons. The SMILES string of the molecule is CC(C)CC(CN)NS(=O)(=O)c1ccc(C#N)c(Cl)c1.Cl. The fourth-order valence-corrected chi connectivity index (χ4v) is 3.38. The Morgan fingerprint density at radius 2 is 2.05 bits per heavy atom. The Labute approximate surface area is 136 Å². The second-order valence-corrected chi connectivity index (χ2v) is 7.06. The number of nitrogens with one attached hydrogen (secondary N) is 1. The molecule has 1 aromatic rings. The van der Waals surface area contributed by atoms with Crippen LogP contribution in [0.25, 0.3) is 0 Å². The van der Waals surface area contributed by atoms with E-state index in [9.17, 15) is 8.42 Å². The molecule has 21 heavy (non-hydrogen) atoms. The molecular formula is C13H19Cl2N3O2S. The normalized spacial score (nSPS) is 12.6. The maximum atomic E-state index is 12.2. The highest BCUT2D eigenvalue weighted by molar-refractivity contribution is 7.89. The van der Waals surface area contributed by atoms with Gasteiger partial charge in [0.2, 0.25) is 10.0 Å². The lowest BCUT2D eigenvalue weighted by Gasteiger charge is -2.19. The van der Waals surface area contributed by atoms with Crippen LogP contribution in [0.2, 0.25) is 5.02 Å². The van der Waals surface area contributed by atoms with Gasteiger partial charge in [0.1, 0.15) is 6.07 Å². The maximum absolute atomic E-state index is 12.2. The van der Waals surface area contributed by atoms with Crippen LogP contribution in [-0.4, -0.2) is 21.0 Å². The Morgan fingerprint density at radius 1 is 1.43 bits per heavy atom. The number of hydrogen-bond donors (Lipinski definition) is 2. The number of benzene rings is 1. The van der Waals surface area contributed by atoms with Crippen LogP contribution in [-0.2, 0) is 10.0 Å². The summed E-state index contributed by atoms with van der Waals surface area (Å²) < 4.78 is 27.0. The van der Waals surface area contributed by atoms with E-state index in [1.165, 1.54) is 18.2 Å². The number of halogens is 2. The zero-order valence-electron chi connectivity index (χ0n) is 11.8. The van der Waals surface area contributed by atoms with Crippen LogP contribution >= 0.6 is 24.0 Å². The first kappa shape index (κ1) is 20.2. The Morgan fingerprint density at radius 3 is 2.48 bits per heavy atom. The molecule has 0 fully saturated rings. The molecule has 8 heteroatoms. The minimum atomic E-state index is -3.69. The zero-order chi connectivity index (χ0) is 15.3. The van der Waals surface area contributed by atoms with E-state index in [4.69, 9.17) is 22.6 Å². The third-order valence-corrected chi connectivity index (χ3v) is 4.56. The van der Waals surface area contributed by atoms with Gasteiger partial charge in [-0.25, -0.2) is 13.1 Å². The Kier molecular flexibility index (Phi) is 8.22. The summed E-state index contributed by atoms with van der Waals surface area (Å²) in [5.74, 6) is 0.329. The van der Waals surface area contributed by atoms with Gasteiger partial charge < -0.3 is 5.73 Å². The van der Waals surface area contributed by atoms with Crippen molar-refractivity contribution < 1.29 is 8.42 Å². The first-order valence-corrected chi connectivity index (χ1v) is 8.08. The Bertz CT molecular complexity index is 612. The summed E-state index contributed by atoms with van der Waals surface area (Å²) in [6.45, 7) is 4.21. The standard InChI is InChI=1S/C13H18ClN3O2S.ClH/c1-9(2)5-11(8-16)17-20(18,19)12-4-3-10(7-15)13(14)6-12;/h3-4,6,9,11,17H,5,8,16H2,1-2H3;1H. The number of hydrogen-bond acceptors (Lipinski definition) is 4. The molecule has 1 atom stereocenters. The fraction of sp³-hybridized carbons (Fsp3) is 0.462. The van der Waals surface area contributed by atoms with E-state index in [2.05, 4.69) is 4.72 Å². The highest BCUT2D eigenvalue weighted by Crippen LogP contribution is 2.20. The lowest BCUT2D eigenvalue weighted by Crippen LogP contribution is -2.40. The van der Waals surface area contributed by atoms with Gasteiger partial charge in [-0.2, -0.15) is 5.26 Å². The molecule has 0 heterocycles. The number of rotatable bonds is 6. The number of sulfonamides is 1. The summed E-state index contributed by atoms with van der Waals surface area (Å²) in [6, 6.07) is 5.57. The summed E-state index contributed by atoms with van der Waals surface area (Å²) >= 11 is 5.85. The average molecular weight is 352 g/mol. The molecule has 0 aliphatic rings. The second kappa shape index (κ2) is 8.57. The van der Waals surface area contributed by atoms with Crippen molar-refractivity contribution in [2.45, 2.75) is 31.2 Å². The zero-order valence-corrected chi connectivity index (χ0v) is 14.2. The summed E-state index contributed by atoms with van der Waals surface area (Å²) in [5.41, 5.74) is 5.82. The largest absolute Gasteiger partial charge is 0.329 e. The Balaban J connectivity index is 0.00000400. The van der Waals surface area contributed by atoms with Gasteiger partial charge in [0.05, 0.1) is 15.5 Å². The van der Waals surface area contributed by atoms with Crippen molar-refractivity contribution in [3.8, 4) is 6.07 Å². The first-order chi connectivity index (χ1) is 9.30. The lowest BCUT2D eigenvalue weighted by molar-refractivity contribution is 0.465. The molecule has 0 amide bonds. The minimum absolute atomic E-state index is 0. The molecule has 0 aliphatic carbocycles. The predicted molar refractivity (Wildman–Crippen MR) is 86.0 cm³/mol. The van der Waals surface area contributed by atoms with Crippen LogP contribution in [0.5, 0.6) is 0 Å². The molecular weight excluding hydrogens is 333 g/mol. The van der Waals surface area contributed by atoms with Gasteiger partial charge in [-0.1, -0.05) is 25.4 Å². The third-order valence-electron chi connectivity index (χ3n) is 2.73. The maximum Gasteiger partial charge on any atom is 0.240 e. The van der Waals surface area contributed by atoms with Crippen LogP contribution < -0.4 is 10.5 Å². The molecule has 0 bridgehead atoms. The smallest absolute Gasteiger partial charge is 0.240 e. The molecule has 0 spiro atoms. The van der Waals surface area contributed by atoms with Gasteiger partial charge in [-0.05, 0) is 30.5 Å². The monoisotopic (exact) mass is 351 g/mol. The molecule has 3 N–H and O–H groups in total. The summed E-state index contributed by atoms with van der Waals surface area (Å²) in [4.78, 5) is 0.0312. The number of nitrogens with two attached hydrogens (primary N) is 1. The first-order valence-electron chi connectivity index (χ1n) is 6.22. The number of nitrogens with zero attached hydrogens (tertiary/aromatic N) is 1. The number of nitriles is 1. The van der Waals surface area contributed by atoms with Crippen LogP contribution in [0.3, 0.4) is 0 Å². The summed E-state index contributed by atoms with van der Waals surface area (Å²) in [7, 11) is -3.69. The molecule has 0 saturated carbocycles. The van der Waals surface area contributed by atoms with Gasteiger partial charge in [0.15, 0.2) is 0 Å². The highest BCUT2D eigenvalue weighted by atomic mass is 35.5. The molecule has 0 aromatic heterocycles. The fourth-order valence-electron chi connectivity index (χ4n) is 1.80. The molecule has 0 aliphatic heterocycles. The van der Waals surface area contributed by atoms with Crippen molar-refractivity contribution >= 4 is 34.0 Å². The topological polar surface area (TPSA) is 96.0 Å². The van der Waals surface area contributed by atoms with Crippen molar-refractivity contribution in [2.75, 3.05) is 6.54 Å². The van der Waals surface area contributed by atoms with Crippen molar-refractivity contribution in [3.63, 3.8) is 0 Å². The van der Waals surface area contributed by atoms with E-state index in [-0.39, 0.29) is 40.5 Å². The lowest BCUT2D eigenvalue weighted by atomic mass is 10.1.